The molecule has 0 fully saturated rings. The molecule has 0 heterocycles. The van der Waals surface area contributed by atoms with Gasteiger partial charge in [0.2, 0.25) is 0 Å². The van der Waals surface area contributed by atoms with Gasteiger partial charge < -0.3 is 9.47 Å². The van der Waals surface area contributed by atoms with Crippen LogP contribution in [0.5, 0.6) is 0 Å². The minimum absolute atomic E-state index is 0.182. The van der Waals surface area contributed by atoms with E-state index in [4.69, 9.17) is 9.47 Å². The van der Waals surface area contributed by atoms with E-state index < -0.39 is 0 Å². The van der Waals surface area contributed by atoms with Gasteiger partial charge in [-0.3, -0.25) is 0 Å². The van der Waals surface area contributed by atoms with Gasteiger partial charge in [0.1, 0.15) is 0 Å². The predicted molar refractivity (Wildman–Crippen MR) is 79.9 cm³/mol. The van der Waals surface area contributed by atoms with Crippen LogP contribution in [-0.2, 0) is 9.47 Å². The van der Waals surface area contributed by atoms with Gasteiger partial charge in [-0.25, -0.2) is 0 Å². The van der Waals surface area contributed by atoms with Gasteiger partial charge >= 0.3 is 0 Å². The summed E-state index contributed by atoms with van der Waals surface area (Å²) in [6.45, 7) is 6.42. The zero-order valence-electron chi connectivity index (χ0n) is 10.6. The number of hydrogen-bond acceptors (Lipinski definition) is 2. The zero-order valence-corrected chi connectivity index (χ0v) is 12.8. The molecule has 0 radical (unpaired) electrons. The van der Waals surface area contributed by atoms with Gasteiger partial charge in [0.15, 0.2) is 0 Å². The molecule has 3 heteroatoms. The Labute approximate surface area is 118 Å². The first-order valence-electron chi connectivity index (χ1n) is 6.10. The second-order valence-corrected chi connectivity index (χ2v) is 4.86. The Morgan fingerprint density at radius 3 is 2.59 bits per heavy atom. The second kappa shape index (κ2) is 8.89. The van der Waals surface area contributed by atoms with E-state index in [0.29, 0.717) is 13.2 Å². The summed E-state index contributed by atoms with van der Waals surface area (Å²) in [5.41, 5.74) is 2.58. The highest BCUT2D eigenvalue weighted by molar-refractivity contribution is 14.1. The van der Waals surface area contributed by atoms with Crippen molar-refractivity contribution in [3.63, 3.8) is 0 Å². The smallest absolute Gasteiger partial charge is 0.0917 e. The summed E-state index contributed by atoms with van der Waals surface area (Å²) in [4.78, 5) is 0. The molecule has 0 amide bonds. The normalized spacial score (nSPS) is 12.6. The van der Waals surface area contributed by atoms with Gasteiger partial charge in [-0.15, -0.1) is 0 Å². The highest BCUT2D eigenvalue weighted by Gasteiger charge is 2.12. The minimum Gasteiger partial charge on any atom is -0.379 e. The SMILES string of the molecule is CCCOCCOC(CI)c1ccccc1C. The lowest BCUT2D eigenvalue weighted by atomic mass is 10.0. The maximum absolute atomic E-state index is 5.87. The number of halogens is 1. The highest BCUT2D eigenvalue weighted by Crippen LogP contribution is 2.22. The summed E-state index contributed by atoms with van der Waals surface area (Å²) < 4.78 is 12.3. The summed E-state index contributed by atoms with van der Waals surface area (Å²) in [6, 6.07) is 8.41. The van der Waals surface area contributed by atoms with E-state index in [1.807, 2.05) is 0 Å². The molecule has 1 aromatic rings. The van der Waals surface area contributed by atoms with Gasteiger partial charge in [0.25, 0.3) is 0 Å². The summed E-state index contributed by atoms with van der Waals surface area (Å²) in [5, 5.41) is 0. The van der Waals surface area contributed by atoms with Crippen molar-refractivity contribution >= 4 is 22.6 Å². The van der Waals surface area contributed by atoms with E-state index in [1.54, 1.807) is 0 Å². The number of benzene rings is 1. The Bertz CT molecular complexity index is 315. The largest absolute Gasteiger partial charge is 0.379 e. The molecule has 1 aromatic carbocycles. The molecule has 0 aromatic heterocycles. The third kappa shape index (κ3) is 5.36. The fourth-order valence-electron chi connectivity index (χ4n) is 1.66. The molecule has 1 atom stereocenters. The van der Waals surface area contributed by atoms with Gasteiger partial charge in [-0.2, -0.15) is 0 Å². The molecule has 0 aliphatic carbocycles. The van der Waals surface area contributed by atoms with Crippen LogP contribution in [0.1, 0.15) is 30.6 Å². The third-order valence-corrected chi connectivity index (χ3v) is 3.37. The van der Waals surface area contributed by atoms with E-state index in [1.165, 1.54) is 11.1 Å². The summed E-state index contributed by atoms with van der Waals surface area (Å²) in [5.74, 6) is 0. The van der Waals surface area contributed by atoms with Crippen molar-refractivity contribution in [2.24, 2.45) is 0 Å². The van der Waals surface area contributed by atoms with Crippen molar-refractivity contribution in [3.05, 3.63) is 35.4 Å². The molecule has 0 aliphatic rings. The lowest BCUT2D eigenvalue weighted by molar-refractivity contribution is 0.0145. The summed E-state index contributed by atoms with van der Waals surface area (Å²) in [7, 11) is 0. The molecule has 1 unspecified atom stereocenters. The number of ether oxygens (including phenoxy) is 2. The fourth-order valence-corrected chi connectivity index (χ4v) is 2.39. The van der Waals surface area contributed by atoms with Crippen molar-refractivity contribution in [3.8, 4) is 0 Å². The quantitative estimate of drug-likeness (QED) is 0.403. The van der Waals surface area contributed by atoms with Gasteiger partial charge in [0, 0.05) is 11.0 Å². The van der Waals surface area contributed by atoms with Crippen LogP contribution in [0.15, 0.2) is 24.3 Å². The molecular formula is C14H21IO2. The topological polar surface area (TPSA) is 18.5 Å². The van der Waals surface area contributed by atoms with Crippen molar-refractivity contribution in [1.29, 1.82) is 0 Å². The average molecular weight is 348 g/mol. The zero-order chi connectivity index (χ0) is 12.5. The second-order valence-electron chi connectivity index (χ2n) is 3.98. The van der Waals surface area contributed by atoms with Crippen molar-refractivity contribution in [2.75, 3.05) is 24.2 Å². The molecule has 0 spiro atoms. The monoisotopic (exact) mass is 348 g/mol. The molecule has 0 bridgehead atoms. The first-order chi connectivity index (χ1) is 8.29. The summed E-state index contributed by atoms with van der Waals surface area (Å²) in [6.07, 6.45) is 1.25. The Hall–Kier alpha value is -0.130. The molecule has 2 nitrogen and oxygen atoms in total. The Balaban J connectivity index is 2.41. The van der Waals surface area contributed by atoms with E-state index in [-0.39, 0.29) is 6.10 Å². The molecular weight excluding hydrogens is 327 g/mol. The maximum atomic E-state index is 5.87. The van der Waals surface area contributed by atoms with Crippen LogP contribution in [0.25, 0.3) is 0 Å². The molecule has 17 heavy (non-hydrogen) atoms. The number of rotatable bonds is 8. The molecule has 0 saturated heterocycles. The fraction of sp³-hybridized carbons (Fsp3) is 0.571. The van der Waals surface area contributed by atoms with Crippen molar-refractivity contribution in [2.45, 2.75) is 26.4 Å². The Kier molecular flexibility index (Phi) is 7.81. The summed E-state index contributed by atoms with van der Waals surface area (Å²) >= 11 is 2.37. The Morgan fingerprint density at radius 1 is 1.18 bits per heavy atom. The first kappa shape index (κ1) is 14.9. The predicted octanol–water partition coefficient (Wildman–Crippen LogP) is 3.91. The van der Waals surface area contributed by atoms with Gasteiger partial charge in [0.05, 0.1) is 19.3 Å². The first-order valence-corrected chi connectivity index (χ1v) is 7.63. The van der Waals surface area contributed by atoms with Crippen LogP contribution in [0.3, 0.4) is 0 Å². The molecule has 96 valence electrons. The van der Waals surface area contributed by atoms with Crippen LogP contribution in [0.4, 0.5) is 0 Å². The van der Waals surface area contributed by atoms with Crippen LogP contribution in [0.2, 0.25) is 0 Å². The van der Waals surface area contributed by atoms with Gasteiger partial charge in [-0.05, 0) is 24.5 Å². The standard InChI is InChI=1S/C14H21IO2/c1-3-8-16-9-10-17-14(11-15)13-7-5-4-6-12(13)2/h4-7,14H,3,8-11H2,1-2H3. The van der Waals surface area contributed by atoms with E-state index >= 15 is 0 Å². The van der Waals surface area contributed by atoms with Crippen molar-refractivity contribution < 1.29 is 9.47 Å². The molecule has 0 aliphatic heterocycles. The average Bonchev–Trinajstić information content (AvgIpc) is 2.35. The van der Waals surface area contributed by atoms with Crippen molar-refractivity contribution in [1.82, 2.24) is 0 Å². The molecule has 0 saturated carbocycles. The van der Waals surface area contributed by atoms with Gasteiger partial charge in [-0.1, -0.05) is 53.8 Å². The lowest BCUT2D eigenvalue weighted by Crippen LogP contribution is -2.12. The van der Waals surface area contributed by atoms with Crippen LogP contribution in [0, 0.1) is 6.92 Å². The molecule has 0 N–H and O–H groups in total. The number of alkyl halides is 1. The highest BCUT2D eigenvalue weighted by atomic mass is 127. The maximum Gasteiger partial charge on any atom is 0.0917 e. The lowest BCUT2D eigenvalue weighted by Gasteiger charge is -2.18. The molecule has 1 rings (SSSR count). The van der Waals surface area contributed by atoms with Crippen LogP contribution >= 0.6 is 22.6 Å². The number of hydrogen-bond donors (Lipinski definition) is 0. The van der Waals surface area contributed by atoms with E-state index in [9.17, 15) is 0 Å². The minimum atomic E-state index is 0.182. The van der Waals surface area contributed by atoms with E-state index in [0.717, 1.165) is 17.5 Å². The third-order valence-electron chi connectivity index (χ3n) is 2.57. The van der Waals surface area contributed by atoms with E-state index in [2.05, 4.69) is 60.7 Å². The number of aryl methyl sites for hydroxylation is 1. The van der Waals surface area contributed by atoms with Crippen LogP contribution in [-0.4, -0.2) is 24.2 Å². The van der Waals surface area contributed by atoms with Crippen LogP contribution < -0.4 is 0 Å². The Morgan fingerprint density at radius 2 is 1.94 bits per heavy atom.